The predicted octanol–water partition coefficient (Wildman–Crippen LogP) is 2.37. The van der Waals surface area contributed by atoms with E-state index >= 15 is 0 Å². The van der Waals surface area contributed by atoms with Crippen LogP contribution < -0.4 is 10.5 Å². The van der Waals surface area contributed by atoms with Gasteiger partial charge in [0.05, 0.1) is 5.75 Å². The SMILES string of the molecule is NS(=O)(=O)Cc1ccc(NCc2ccc(F)cc2F)cc1. The number of hydrogen-bond donors (Lipinski definition) is 2. The third-order valence-electron chi connectivity index (χ3n) is 2.82. The molecule has 0 amide bonds. The largest absolute Gasteiger partial charge is 0.381 e. The summed E-state index contributed by atoms with van der Waals surface area (Å²) in [5, 5.41) is 7.92. The third-order valence-corrected chi connectivity index (χ3v) is 3.56. The van der Waals surface area contributed by atoms with E-state index in [0.29, 0.717) is 16.8 Å². The number of hydrogen-bond acceptors (Lipinski definition) is 3. The topological polar surface area (TPSA) is 72.2 Å². The lowest BCUT2D eigenvalue weighted by Crippen LogP contribution is -2.14. The number of nitrogens with two attached hydrogens (primary N) is 1. The zero-order chi connectivity index (χ0) is 15.5. The molecule has 0 aliphatic rings. The first-order chi connectivity index (χ1) is 9.83. The second-order valence-corrected chi connectivity index (χ2v) is 6.21. The molecule has 21 heavy (non-hydrogen) atoms. The molecule has 0 spiro atoms. The number of anilines is 1. The Morgan fingerprint density at radius 2 is 1.71 bits per heavy atom. The maximum Gasteiger partial charge on any atom is 0.213 e. The summed E-state index contributed by atoms with van der Waals surface area (Å²) >= 11 is 0. The fourth-order valence-corrected chi connectivity index (χ4v) is 2.47. The van der Waals surface area contributed by atoms with E-state index in [2.05, 4.69) is 5.32 Å². The summed E-state index contributed by atoms with van der Waals surface area (Å²) in [5.74, 6) is -1.48. The van der Waals surface area contributed by atoms with E-state index < -0.39 is 21.7 Å². The van der Waals surface area contributed by atoms with E-state index in [1.165, 1.54) is 12.1 Å². The highest BCUT2D eigenvalue weighted by Gasteiger charge is 2.06. The smallest absolute Gasteiger partial charge is 0.213 e. The molecule has 0 aliphatic heterocycles. The van der Waals surface area contributed by atoms with Crippen molar-refractivity contribution in [2.75, 3.05) is 5.32 Å². The minimum absolute atomic E-state index is 0.195. The Kier molecular flexibility index (Phi) is 4.54. The normalized spacial score (nSPS) is 11.4. The van der Waals surface area contributed by atoms with Crippen LogP contribution in [0.5, 0.6) is 0 Å². The molecule has 0 aromatic heterocycles. The van der Waals surface area contributed by atoms with Crippen molar-refractivity contribution in [1.29, 1.82) is 0 Å². The second-order valence-electron chi connectivity index (χ2n) is 4.59. The number of sulfonamides is 1. The van der Waals surface area contributed by atoms with Gasteiger partial charge in [0, 0.05) is 23.9 Å². The predicted molar refractivity (Wildman–Crippen MR) is 76.9 cm³/mol. The van der Waals surface area contributed by atoms with Crippen LogP contribution in [0.4, 0.5) is 14.5 Å². The molecule has 4 nitrogen and oxygen atoms in total. The van der Waals surface area contributed by atoms with Crippen LogP contribution in [0.15, 0.2) is 42.5 Å². The minimum Gasteiger partial charge on any atom is -0.381 e. The Balaban J connectivity index is 2.00. The van der Waals surface area contributed by atoms with Crippen molar-refractivity contribution < 1.29 is 17.2 Å². The first-order valence-electron chi connectivity index (χ1n) is 6.11. The number of nitrogens with one attached hydrogen (secondary N) is 1. The molecule has 0 heterocycles. The zero-order valence-corrected chi connectivity index (χ0v) is 11.8. The van der Waals surface area contributed by atoms with E-state index in [-0.39, 0.29) is 12.3 Å². The average molecular weight is 312 g/mol. The lowest BCUT2D eigenvalue weighted by molar-refractivity contribution is 0.574. The molecule has 0 aliphatic carbocycles. The zero-order valence-electron chi connectivity index (χ0n) is 11.0. The molecule has 0 bridgehead atoms. The van der Waals surface area contributed by atoms with Gasteiger partial charge in [-0.1, -0.05) is 18.2 Å². The maximum absolute atomic E-state index is 13.4. The van der Waals surface area contributed by atoms with Crippen LogP contribution in [0.2, 0.25) is 0 Å². The maximum atomic E-state index is 13.4. The highest BCUT2D eigenvalue weighted by molar-refractivity contribution is 7.88. The molecule has 0 radical (unpaired) electrons. The van der Waals surface area contributed by atoms with Gasteiger partial charge in [-0.05, 0) is 23.8 Å². The van der Waals surface area contributed by atoms with Gasteiger partial charge in [-0.25, -0.2) is 22.3 Å². The molecule has 3 N–H and O–H groups in total. The summed E-state index contributed by atoms with van der Waals surface area (Å²) < 4.78 is 48.1. The number of benzene rings is 2. The standard InChI is InChI=1S/C14H14F2N2O2S/c15-12-4-3-11(14(16)7-12)8-18-13-5-1-10(2-6-13)9-21(17,19)20/h1-7,18H,8-9H2,(H2,17,19,20). The molecule has 2 aromatic carbocycles. The van der Waals surface area contributed by atoms with Crippen LogP contribution >= 0.6 is 0 Å². The van der Waals surface area contributed by atoms with Crippen LogP contribution in [0.1, 0.15) is 11.1 Å². The van der Waals surface area contributed by atoms with Crippen molar-refractivity contribution >= 4 is 15.7 Å². The summed E-state index contributed by atoms with van der Waals surface area (Å²) in [6.07, 6.45) is 0. The van der Waals surface area contributed by atoms with Gasteiger partial charge in [0.15, 0.2) is 0 Å². The van der Waals surface area contributed by atoms with Gasteiger partial charge < -0.3 is 5.32 Å². The van der Waals surface area contributed by atoms with Gasteiger partial charge in [0.2, 0.25) is 10.0 Å². The first-order valence-corrected chi connectivity index (χ1v) is 7.82. The van der Waals surface area contributed by atoms with Crippen LogP contribution in [0.3, 0.4) is 0 Å². The minimum atomic E-state index is -3.56. The molecule has 2 aromatic rings. The van der Waals surface area contributed by atoms with E-state index in [1.807, 2.05) is 0 Å². The molecule has 0 unspecified atom stereocenters. The number of rotatable bonds is 5. The quantitative estimate of drug-likeness (QED) is 0.890. The van der Waals surface area contributed by atoms with Crippen LogP contribution in [-0.2, 0) is 22.3 Å². The number of primary sulfonamides is 1. The van der Waals surface area contributed by atoms with Crippen LogP contribution in [-0.4, -0.2) is 8.42 Å². The van der Waals surface area contributed by atoms with Crippen molar-refractivity contribution in [3.8, 4) is 0 Å². The third kappa shape index (κ3) is 4.80. The molecular weight excluding hydrogens is 298 g/mol. The highest BCUT2D eigenvalue weighted by Crippen LogP contribution is 2.14. The van der Waals surface area contributed by atoms with Crippen molar-refractivity contribution in [2.45, 2.75) is 12.3 Å². The van der Waals surface area contributed by atoms with Gasteiger partial charge >= 0.3 is 0 Å². The van der Waals surface area contributed by atoms with Crippen LogP contribution in [0, 0.1) is 11.6 Å². The van der Waals surface area contributed by atoms with E-state index in [4.69, 9.17) is 5.14 Å². The molecule has 0 saturated heterocycles. The Morgan fingerprint density at radius 3 is 2.29 bits per heavy atom. The van der Waals surface area contributed by atoms with E-state index in [0.717, 1.165) is 6.07 Å². The molecular formula is C14H14F2N2O2S. The summed E-state index contributed by atoms with van der Waals surface area (Å²) in [6.45, 7) is 0.195. The Bertz CT molecular complexity index is 731. The van der Waals surface area contributed by atoms with Gasteiger partial charge in [-0.3, -0.25) is 0 Å². The average Bonchev–Trinajstić information content (AvgIpc) is 2.38. The van der Waals surface area contributed by atoms with E-state index in [9.17, 15) is 17.2 Å². The molecule has 0 saturated carbocycles. The fourth-order valence-electron chi connectivity index (χ4n) is 1.81. The fraction of sp³-hybridized carbons (Fsp3) is 0.143. The van der Waals surface area contributed by atoms with E-state index in [1.54, 1.807) is 24.3 Å². The monoisotopic (exact) mass is 312 g/mol. The van der Waals surface area contributed by atoms with Gasteiger partial charge in [0.25, 0.3) is 0 Å². The summed E-state index contributed by atoms with van der Waals surface area (Å²) in [6, 6.07) is 9.96. The van der Waals surface area contributed by atoms with Crippen molar-refractivity contribution in [3.63, 3.8) is 0 Å². The highest BCUT2D eigenvalue weighted by atomic mass is 32.2. The lowest BCUT2D eigenvalue weighted by atomic mass is 10.2. The van der Waals surface area contributed by atoms with Crippen molar-refractivity contribution in [2.24, 2.45) is 5.14 Å². The number of halogens is 2. The first kappa shape index (κ1) is 15.4. The molecule has 0 fully saturated rings. The summed E-state index contributed by atoms with van der Waals surface area (Å²) in [4.78, 5) is 0. The Morgan fingerprint density at radius 1 is 1.05 bits per heavy atom. The van der Waals surface area contributed by atoms with Crippen molar-refractivity contribution in [3.05, 3.63) is 65.2 Å². The van der Waals surface area contributed by atoms with Gasteiger partial charge in [-0.2, -0.15) is 0 Å². The second kappa shape index (κ2) is 6.19. The molecule has 7 heteroatoms. The lowest BCUT2D eigenvalue weighted by Gasteiger charge is -2.08. The van der Waals surface area contributed by atoms with Crippen molar-refractivity contribution in [1.82, 2.24) is 0 Å². The molecule has 112 valence electrons. The Hall–Kier alpha value is -1.99. The molecule has 2 rings (SSSR count). The van der Waals surface area contributed by atoms with Crippen LogP contribution in [0.25, 0.3) is 0 Å². The summed E-state index contributed by atoms with van der Waals surface area (Å²) in [7, 11) is -3.56. The summed E-state index contributed by atoms with van der Waals surface area (Å²) in [5.41, 5.74) is 1.60. The molecule has 0 atom stereocenters. The Labute approximate surface area is 121 Å². The van der Waals surface area contributed by atoms with Gasteiger partial charge in [0.1, 0.15) is 11.6 Å². The van der Waals surface area contributed by atoms with Gasteiger partial charge in [-0.15, -0.1) is 0 Å².